The Hall–Kier alpha value is -1.80. The fraction of sp³-hybridized carbons (Fsp3) is 0.741. The van der Waals surface area contributed by atoms with E-state index in [2.05, 4.69) is 24.2 Å². The zero-order valence-electron chi connectivity index (χ0n) is 21.7. The summed E-state index contributed by atoms with van der Waals surface area (Å²) in [4.78, 5) is 16.6. The molecule has 8 heteroatoms. The number of urea groups is 1. The first-order valence-electron chi connectivity index (χ1n) is 13.2. The Morgan fingerprint density at radius 2 is 1.54 bits per heavy atom. The van der Waals surface area contributed by atoms with Crippen molar-refractivity contribution in [2.75, 3.05) is 39.1 Å². The summed E-state index contributed by atoms with van der Waals surface area (Å²) >= 11 is 0. The lowest BCUT2D eigenvalue weighted by atomic mass is 9.92. The van der Waals surface area contributed by atoms with E-state index < -0.39 is 11.7 Å². The molecular weight excluding hydrogens is 455 g/mol. The molecule has 0 bridgehead atoms. The molecular formula is C27H44F3N3O2. The van der Waals surface area contributed by atoms with Gasteiger partial charge >= 0.3 is 12.2 Å². The first-order chi connectivity index (χ1) is 16.7. The van der Waals surface area contributed by atoms with Gasteiger partial charge in [0.25, 0.3) is 0 Å². The molecule has 0 saturated heterocycles. The molecule has 0 atom stereocenters. The number of carbonyl (C=O) groups is 1. The highest BCUT2D eigenvalue weighted by molar-refractivity contribution is 5.89. The molecule has 1 aromatic rings. The number of hydrogen-bond acceptors (Lipinski definition) is 3. The van der Waals surface area contributed by atoms with Crippen LogP contribution in [-0.2, 0) is 10.9 Å². The van der Waals surface area contributed by atoms with E-state index in [1.54, 1.807) is 11.9 Å². The lowest BCUT2D eigenvalue weighted by Gasteiger charge is -2.34. The normalized spacial score (nSPS) is 18.6. The summed E-state index contributed by atoms with van der Waals surface area (Å²) < 4.78 is 44.2. The zero-order chi connectivity index (χ0) is 25.7. The number of anilines is 1. The standard InChI is InChI=1S/C27H44F3N3O2/c1-4-5-8-19-32(2)20-9-6-7-10-21-35-25-17-15-24(16-18-25)33(3)26(34)31-23-13-11-22(12-14-23)27(28,29)30/h11-14,24-25H,4-10,15-21H2,1-3H3,(H,31,34). The largest absolute Gasteiger partial charge is 0.416 e. The van der Waals surface area contributed by atoms with Crippen molar-refractivity contribution in [2.45, 2.75) is 95.9 Å². The molecule has 2 rings (SSSR count). The summed E-state index contributed by atoms with van der Waals surface area (Å²) in [7, 11) is 3.96. The number of halogens is 3. The van der Waals surface area contributed by atoms with Crippen LogP contribution in [0.5, 0.6) is 0 Å². The number of alkyl halides is 3. The number of carbonyl (C=O) groups excluding carboxylic acids is 1. The number of rotatable bonds is 14. The highest BCUT2D eigenvalue weighted by Crippen LogP contribution is 2.30. The Morgan fingerprint density at radius 1 is 0.943 bits per heavy atom. The van der Waals surface area contributed by atoms with Gasteiger partial charge in [-0.3, -0.25) is 0 Å². The van der Waals surface area contributed by atoms with Crippen LogP contribution in [0.25, 0.3) is 0 Å². The summed E-state index contributed by atoms with van der Waals surface area (Å²) in [6.45, 7) is 5.41. The minimum absolute atomic E-state index is 0.110. The van der Waals surface area contributed by atoms with Crippen molar-refractivity contribution in [3.8, 4) is 0 Å². The fourth-order valence-electron chi connectivity index (χ4n) is 4.55. The van der Waals surface area contributed by atoms with E-state index in [9.17, 15) is 18.0 Å². The van der Waals surface area contributed by atoms with Gasteiger partial charge in [0.15, 0.2) is 0 Å². The third kappa shape index (κ3) is 11.2. The number of amides is 2. The second-order valence-corrected chi connectivity index (χ2v) is 9.84. The maximum atomic E-state index is 12.7. The Kier molecular flexibility index (Phi) is 12.9. The van der Waals surface area contributed by atoms with E-state index in [4.69, 9.17) is 4.74 Å². The predicted octanol–water partition coefficient (Wildman–Crippen LogP) is 7.18. The van der Waals surface area contributed by atoms with Gasteiger partial charge in [0.05, 0.1) is 11.7 Å². The summed E-state index contributed by atoms with van der Waals surface area (Å²) in [5, 5.41) is 2.69. The van der Waals surface area contributed by atoms with E-state index in [0.29, 0.717) is 5.69 Å². The van der Waals surface area contributed by atoms with Gasteiger partial charge in [-0.25, -0.2) is 4.79 Å². The van der Waals surface area contributed by atoms with Crippen molar-refractivity contribution in [1.29, 1.82) is 0 Å². The average molecular weight is 500 g/mol. The topological polar surface area (TPSA) is 44.8 Å². The van der Waals surface area contributed by atoms with Crippen molar-refractivity contribution in [2.24, 2.45) is 0 Å². The Labute approximate surface area is 209 Å². The number of benzene rings is 1. The van der Waals surface area contributed by atoms with Gasteiger partial charge in [-0.2, -0.15) is 13.2 Å². The Bertz CT molecular complexity index is 719. The van der Waals surface area contributed by atoms with Gasteiger partial charge in [0, 0.05) is 25.4 Å². The van der Waals surface area contributed by atoms with Gasteiger partial charge in [-0.1, -0.05) is 32.6 Å². The van der Waals surface area contributed by atoms with Gasteiger partial charge in [0.2, 0.25) is 0 Å². The molecule has 0 radical (unpaired) electrons. The molecule has 1 aliphatic rings. The number of ether oxygens (including phenoxy) is 1. The molecule has 1 aliphatic carbocycles. The van der Waals surface area contributed by atoms with Gasteiger partial charge in [0.1, 0.15) is 0 Å². The monoisotopic (exact) mass is 499 g/mol. The maximum absolute atomic E-state index is 12.7. The average Bonchev–Trinajstić information content (AvgIpc) is 2.83. The molecule has 200 valence electrons. The van der Waals surface area contributed by atoms with Crippen molar-refractivity contribution >= 4 is 11.7 Å². The van der Waals surface area contributed by atoms with Crippen LogP contribution in [0.1, 0.15) is 83.1 Å². The van der Waals surface area contributed by atoms with E-state index in [0.717, 1.165) is 50.8 Å². The molecule has 1 aromatic carbocycles. The van der Waals surface area contributed by atoms with Crippen LogP contribution < -0.4 is 5.32 Å². The second-order valence-electron chi connectivity index (χ2n) is 9.84. The number of nitrogens with zero attached hydrogens (tertiary/aromatic N) is 2. The van der Waals surface area contributed by atoms with Crippen LogP contribution in [0, 0.1) is 0 Å². The SMILES string of the molecule is CCCCCN(C)CCCCCCOC1CCC(N(C)C(=O)Nc2ccc(C(F)(F)F)cc2)CC1. The molecule has 1 saturated carbocycles. The minimum atomic E-state index is -4.38. The van der Waals surface area contributed by atoms with Crippen molar-refractivity contribution in [3.63, 3.8) is 0 Å². The van der Waals surface area contributed by atoms with E-state index in [-0.39, 0.29) is 18.2 Å². The van der Waals surface area contributed by atoms with E-state index in [1.807, 2.05) is 0 Å². The van der Waals surface area contributed by atoms with Crippen LogP contribution in [0.15, 0.2) is 24.3 Å². The molecule has 0 aromatic heterocycles. The number of hydrogen-bond donors (Lipinski definition) is 1. The molecule has 1 fully saturated rings. The third-order valence-corrected chi connectivity index (χ3v) is 6.91. The smallest absolute Gasteiger partial charge is 0.378 e. The molecule has 35 heavy (non-hydrogen) atoms. The lowest BCUT2D eigenvalue weighted by Crippen LogP contribution is -2.42. The first-order valence-corrected chi connectivity index (χ1v) is 13.2. The summed E-state index contributed by atoms with van der Waals surface area (Å²) in [5.74, 6) is 0. The summed E-state index contributed by atoms with van der Waals surface area (Å²) in [6.07, 6.45) is 8.11. The first kappa shape index (κ1) is 29.4. The molecule has 0 spiro atoms. The van der Waals surface area contributed by atoms with Gasteiger partial charge in [-0.15, -0.1) is 0 Å². The predicted molar refractivity (Wildman–Crippen MR) is 136 cm³/mol. The van der Waals surface area contributed by atoms with E-state index >= 15 is 0 Å². The summed E-state index contributed by atoms with van der Waals surface area (Å²) in [6, 6.07) is 4.33. The third-order valence-electron chi connectivity index (χ3n) is 6.91. The Balaban J connectivity index is 1.56. The van der Waals surface area contributed by atoms with Gasteiger partial charge < -0.3 is 19.9 Å². The maximum Gasteiger partial charge on any atom is 0.416 e. The number of unbranched alkanes of at least 4 members (excludes halogenated alkanes) is 5. The second kappa shape index (κ2) is 15.3. The van der Waals surface area contributed by atoms with Crippen molar-refractivity contribution in [3.05, 3.63) is 29.8 Å². The minimum Gasteiger partial charge on any atom is -0.378 e. The zero-order valence-corrected chi connectivity index (χ0v) is 21.7. The van der Waals surface area contributed by atoms with Crippen LogP contribution in [0.4, 0.5) is 23.7 Å². The molecule has 5 nitrogen and oxygen atoms in total. The highest BCUT2D eigenvalue weighted by Gasteiger charge is 2.30. The van der Waals surface area contributed by atoms with Crippen LogP contribution >= 0.6 is 0 Å². The molecule has 2 amide bonds. The molecule has 0 aliphatic heterocycles. The van der Waals surface area contributed by atoms with Crippen molar-refractivity contribution < 1.29 is 22.7 Å². The lowest BCUT2D eigenvalue weighted by molar-refractivity contribution is -0.137. The fourth-order valence-corrected chi connectivity index (χ4v) is 4.55. The van der Waals surface area contributed by atoms with Crippen LogP contribution in [0.2, 0.25) is 0 Å². The van der Waals surface area contributed by atoms with Gasteiger partial charge in [-0.05, 0) is 89.3 Å². The molecule has 0 unspecified atom stereocenters. The number of nitrogens with one attached hydrogen (secondary N) is 1. The molecule has 0 heterocycles. The van der Waals surface area contributed by atoms with Crippen LogP contribution in [-0.4, -0.2) is 61.8 Å². The van der Waals surface area contributed by atoms with Crippen molar-refractivity contribution in [1.82, 2.24) is 9.80 Å². The van der Waals surface area contributed by atoms with E-state index in [1.165, 1.54) is 63.7 Å². The highest BCUT2D eigenvalue weighted by atomic mass is 19.4. The summed E-state index contributed by atoms with van der Waals surface area (Å²) in [5.41, 5.74) is -0.373. The van der Waals surface area contributed by atoms with Crippen LogP contribution in [0.3, 0.4) is 0 Å². The Morgan fingerprint density at radius 3 is 2.14 bits per heavy atom. The quantitative estimate of drug-likeness (QED) is 0.276. The molecule has 1 N–H and O–H groups in total.